The summed E-state index contributed by atoms with van der Waals surface area (Å²) < 4.78 is 2.27. The van der Waals surface area contributed by atoms with E-state index in [9.17, 15) is 0 Å². The number of nitrogens with one attached hydrogen (secondary N) is 1. The molecule has 0 aliphatic heterocycles. The zero-order valence-electron chi connectivity index (χ0n) is 10.9. The van der Waals surface area contributed by atoms with E-state index in [1.54, 1.807) is 0 Å². The molecule has 2 aromatic rings. The van der Waals surface area contributed by atoms with Crippen molar-refractivity contribution in [2.45, 2.75) is 39.3 Å². The summed E-state index contributed by atoms with van der Waals surface area (Å²) in [6.45, 7) is 5.41. The molecule has 2 heteroatoms. The molecular weight excluding hydrogens is 208 g/mol. The fourth-order valence-electron chi connectivity index (χ4n) is 2.57. The molecule has 0 atom stereocenters. The van der Waals surface area contributed by atoms with Gasteiger partial charge in [0.2, 0.25) is 0 Å². The molecular formula is C15H20N2. The maximum atomic E-state index is 3.60. The molecule has 17 heavy (non-hydrogen) atoms. The quantitative estimate of drug-likeness (QED) is 0.854. The van der Waals surface area contributed by atoms with E-state index >= 15 is 0 Å². The van der Waals surface area contributed by atoms with E-state index in [0.717, 1.165) is 12.6 Å². The van der Waals surface area contributed by atoms with Gasteiger partial charge in [-0.3, -0.25) is 0 Å². The zero-order valence-corrected chi connectivity index (χ0v) is 10.9. The van der Waals surface area contributed by atoms with Gasteiger partial charge in [-0.2, -0.15) is 0 Å². The van der Waals surface area contributed by atoms with Crippen LogP contribution in [0.3, 0.4) is 0 Å². The summed E-state index contributed by atoms with van der Waals surface area (Å²) >= 11 is 0. The SMILES string of the molecule is Cc1ccc2c(CNC3CC3)cn(C)c2c1C. The van der Waals surface area contributed by atoms with Crippen LogP contribution in [-0.2, 0) is 13.6 Å². The number of hydrogen-bond donors (Lipinski definition) is 1. The highest BCUT2D eigenvalue weighted by molar-refractivity contribution is 5.87. The van der Waals surface area contributed by atoms with Gasteiger partial charge in [0.25, 0.3) is 0 Å². The van der Waals surface area contributed by atoms with E-state index in [2.05, 4.69) is 49.1 Å². The average Bonchev–Trinajstić information content (AvgIpc) is 3.06. The first-order valence-corrected chi connectivity index (χ1v) is 6.44. The number of aryl methyl sites for hydroxylation is 3. The third-order valence-corrected chi connectivity index (χ3v) is 3.91. The Morgan fingerprint density at radius 2 is 2.06 bits per heavy atom. The van der Waals surface area contributed by atoms with Gasteiger partial charge in [0.1, 0.15) is 0 Å². The number of fused-ring (bicyclic) bond motifs is 1. The van der Waals surface area contributed by atoms with Crippen LogP contribution in [0, 0.1) is 13.8 Å². The van der Waals surface area contributed by atoms with E-state index < -0.39 is 0 Å². The van der Waals surface area contributed by atoms with Crippen LogP contribution in [0.1, 0.15) is 29.5 Å². The van der Waals surface area contributed by atoms with Crippen molar-refractivity contribution in [3.05, 3.63) is 35.0 Å². The maximum absolute atomic E-state index is 3.60. The van der Waals surface area contributed by atoms with Crippen molar-refractivity contribution in [3.8, 4) is 0 Å². The second-order valence-corrected chi connectivity index (χ2v) is 5.32. The van der Waals surface area contributed by atoms with Gasteiger partial charge in [-0.15, -0.1) is 0 Å². The molecule has 0 saturated heterocycles. The van der Waals surface area contributed by atoms with Gasteiger partial charge in [-0.05, 0) is 43.4 Å². The number of hydrogen-bond acceptors (Lipinski definition) is 1. The van der Waals surface area contributed by atoms with Crippen molar-refractivity contribution >= 4 is 10.9 Å². The lowest BCUT2D eigenvalue weighted by molar-refractivity contribution is 0.689. The van der Waals surface area contributed by atoms with Crippen LogP contribution < -0.4 is 5.32 Å². The lowest BCUT2D eigenvalue weighted by Crippen LogP contribution is -2.14. The Bertz CT molecular complexity index is 562. The van der Waals surface area contributed by atoms with Crippen LogP contribution in [0.2, 0.25) is 0 Å². The molecule has 1 aromatic heterocycles. The highest BCUT2D eigenvalue weighted by Gasteiger charge is 2.20. The fourth-order valence-corrected chi connectivity index (χ4v) is 2.57. The number of aromatic nitrogens is 1. The monoisotopic (exact) mass is 228 g/mol. The molecule has 0 bridgehead atoms. The molecule has 90 valence electrons. The Morgan fingerprint density at radius 3 is 2.76 bits per heavy atom. The normalized spacial score (nSPS) is 15.7. The van der Waals surface area contributed by atoms with Gasteiger partial charge in [-0.25, -0.2) is 0 Å². The molecule has 2 nitrogen and oxygen atoms in total. The Balaban J connectivity index is 2.03. The fraction of sp³-hybridized carbons (Fsp3) is 0.467. The molecule has 1 aromatic carbocycles. The van der Waals surface area contributed by atoms with E-state index in [1.165, 1.54) is 40.4 Å². The summed E-state index contributed by atoms with van der Waals surface area (Å²) in [5.74, 6) is 0. The van der Waals surface area contributed by atoms with Crippen molar-refractivity contribution in [1.29, 1.82) is 0 Å². The summed E-state index contributed by atoms with van der Waals surface area (Å²) in [6, 6.07) is 5.27. The van der Waals surface area contributed by atoms with Crippen LogP contribution in [0.4, 0.5) is 0 Å². The van der Waals surface area contributed by atoms with Crippen molar-refractivity contribution in [2.24, 2.45) is 7.05 Å². The Hall–Kier alpha value is -1.28. The second-order valence-electron chi connectivity index (χ2n) is 5.32. The zero-order chi connectivity index (χ0) is 12.0. The molecule has 0 unspecified atom stereocenters. The molecule has 0 amide bonds. The molecule has 1 heterocycles. The van der Waals surface area contributed by atoms with Crippen LogP contribution in [-0.4, -0.2) is 10.6 Å². The lowest BCUT2D eigenvalue weighted by Gasteiger charge is -2.05. The molecule has 3 rings (SSSR count). The molecule has 1 N–H and O–H groups in total. The molecule has 1 aliphatic carbocycles. The van der Waals surface area contributed by atoms with Crippen molar-refractivity contribution in [3.63, 3.8) is 0 Å². The smallest absolute Gasteiger partial charge is 0.0513 e. The van der Waals surface area contributed by atoms with Gasteiger partial charge < -0.3 is 9.88 Å². The Labute approximate surface area is 103 Å². The van der Waals surface area contributed by atoms with Crippen molar-refractivity contribution < 1.29 is 0 Å². The maximum Gasteiger partial charge on any atom is 0.0513 e. The first kappa shape index (κ1) is 10.8. The summed E-state index contributed by atoms with van der Waals surface area (Å²) in [5, 5.41) is 5.01. The minimum absolute atomic E-state index is 0.775. The first-order valence-electron chi connectivity index (χ1n) is 6.44. The topological polar surface area (TPSA) is 17.0 Å². The number of rotatable bonds is 3. The van der Waals surface area contributed by atoms with E-state index in [-0.39, 0.29) is 0 Å². The van der Waals surface area contributed by atoms with Crippen molar-refractivity contribution in [2.75, 3.05) is 0 Å². The van der Waals surface area contributed by atoms with Gasteiger partial charge in [0, 0.05) is 31.2 Å². The Morgan fingerprint density at radius 1 is 1.29 bits per heavy atom. The minimum Gasteiger partial charge on any atom is -0.350 e. The minimum atomic E-state index is 0.775. The van der Waals surface area contributed by atoms with Crippen LogP contribution in [0.5, 0.6) is 0 Å². The van der Waals surface area contributed by atoms with E-state index in [1.807, 2.05) is 0 Å². The number of benzene rings is 1. The summed E-state index contributed by atoms with van der Waals surface area (Å²) in [5.41, 5.74) is 5.60. The van der Waals surface area contributed by atoms with Crippen LogP contribution in [0.25, 0.3) is 10.9 Å². The lowest BCUT2D eigenvalue weighted by atomic mass is 10.0. The molecule has 0 spiro atoms. The molecule has 1 saturated carbocycles. The summed E-state index contributed by atoms with van der Waals surface area (Å²) in [4.78, 5) is 0. The Kier molecular flexibility index (Phi) is 2.48. The molecule has 1 fully saturated rings. The average molecular weight is 228 g/mol. The van der Waals surface area contributed by atoms with Gasteiger partial charge in [0.15, 0.2) is 0 Å². The van der Waals surface area contributed by atoms with Gasteiger partial charge in [0.05, 0.1) is 5.52 Å². The van der Waals surface area contributed by atoms with Gasteiger partial charge >= 0.3 is 0 Å². The molecule has 1 aliphatic rings. The van der Waals surface area contributed by atoms with Crippen LogP contribution in [0.15, 0.2) is 18.3 Å². The summed E-state index contributed by atoms with van der Waals surface area (Å²) in [6.07, 6.45) is 4.97. The third kappa shape index (κ3) is 1.87. The first-order chi connectivity index (χ1) is 8.16. The van der Waals surface area contributed by atoms with E-state index in [4.69, 9.17) is 0 Å². The number of nitrogens with zero attached hydrogens (tertiary/aromatic N) is 1. The van der Waals surface area contributed by atoms with Gasteiger partial charge in [-0.1, -0.05) is 12.1 Å². The van der Waals surface area contributed by atoms with E-state index in [0.29, 0.717) is 0 Å². The van der Waals surface area contributed by atoms with Crippen LogP contribution >= 0.6 is 0 Å². The molecule has 0 radical (unpaired) electrons. The summed E-state index contributed by atoms with van der Waals surface area (Å²) in [7, 11) is 2.15. The van der Waals surface area contributed by atoms with Crippen molar-refractivity contribution in [1.82, 2.24) is 9.88 Å². The third-order valence-electron chi connectivity index (χ3n) is 3.91. The standard InChI is InChI=1S/C15H20N2/c1-10-4-7-14-12(8-16-13-5-6-13)9-17(3)15(14)11(10)2/h4,7,9,13,16H,5-6,8H2,1-3H3. The predicted octanol–water partition coefficient (Wildman–Crippen LogP) is 3.05. The largest absolute Gasteiger partial charge is 0.350 e. The second kappa shape index (κ2) is 3.88. The predicted molar refractivity (Wildman–Crippen MR) is 72.3 cm³/mol. The highest BCUT2D eigenvalue weighted by atomic mass is 15.0. The highest BCUT2D eigenvalue weighted by Crippen LogP contribution is 2.27.